The summed E-state index contributed by atoms with van der Waals surface area (Å²) in [6.45, 7) is 7.06. The Morgan fingerprint density at radius 3 is 2.21 bits per heavy atom. The smallest absolute Gasteiger partial charge is 0.325 e. The number of carboxylic acids is 1. The molecule has 1 heterocycles. The molecule has 0 aliphatic heterocycles. The van der Waals surface area contributed by atoms with Crippen molar-refractivity contribution in [1.82, 2.24) is 9.97 Å². The summed E-state index contributed by atoms with van der Waals surface area (Å²) in [4.78, 5) is 38.3. The molecule has 0 radical (unpaired) electrons. The van der Waals surface area contributed by atoms with E-state index in [0.717, 1.165) is 0 Å². The molecule has 6 nitrogen and oxygen atoms in total. The van der Waals surface area contributed by atoms with Gasteiger partial charge in [0.15, 0.2) is 0 Å². The maximum atomic E-state index is 11.3. The third kappa shape index (κ3) is 3.81. The Hall–Kier alpha value is -1.85. The number of hydrogen-bond donors (Lipinski definition) is 3. The predicted molar refractivity (Wildman–Crippen MR) is 71.4 cm³/mol. The monoisotopic (exact) mass is 268 g/mol. The fourth-order valence-corrected chi connectivity index (χ4v) is 1.70. The average Bonchev–Trinajstić information content (AvgIpc) is 2.25. The Kier molecular flexibility index (Phi) is 4.03. The van der Waals surface area contributed by atoms with Crippen LogP contribution in [-0.4, -0.2) is 21.0 Å². The summed E-state index contributed by atoms with van der Waals surface area (Å²) in [5.74, 6) is -0.859. The first kappa shape index (κ1) is 15.2. The number of carbonyl (C=O) groups is 1. The largest absolute Gasteiger partial charge is 0.481 e. The van der Waals surface area contributed by atoms with E-state index >= 15 is 0 Å². The van der Waals surface area contributed by atoms with Gasteiger partial charge in [-0.05, 0) is 26.7 Å². The van der Waals surface area contributed by atoms with Crippen LogP contribution in [0.15, 0.2) is 15.7 Å². The maximum Gasteiger partial charge on any atom is 0.325 e. The van der Waals surface area contributed by atoms with E-state index in [1.807, 2.05) is 13.8 Å². The summed E-state index contributed by atoms with van der Waals surface area (Å²) in [7, 11) is 0. The summed E-state index contributed by atoms with van der Waals surface area (Å²) >= 11 is 0. The van der Waals surface area contributed by atoms with Crippen LogP contribution in [0.4, 0.5) is 0 Å². The Bertz CT molecular complexity index is 553. The topological polar surface area (TPSA) is 103 Å². The van der Waals surface area contributed by atoms with Crippen molar-refractivity contribution in [2.24, 2.45) is 5.41 Å². The molecular weight excluding hydrogens is 248 g/mol. The van der Waals surface area contributed by atoms with E-state index in [0.29, 0.717) is 18.5 Å². The minimum atomic E-state index is -0.859. The zero-order valence-corrected chi connectivity index (χ0v) is 11.7. The van der Waals surface area contributed by atoms with Crippen LogP contribution < -0.4 is 11.2 Å². The lowest BCUT2D eigenvalue weighted by atomic mass is 9.77. The molecule has 3 N–H and O–H groups in total. The normalized spacial score (nSPS) is 12.4. The second kappa shape index (κ2) is 5.03. The SMILES string of the molecule is CC(C)(CCC(C)(C)c1cc(=O)[nH]c(=O)[nH]1)C(=O)O. The summed E-state index contributed by atoms with van der Waals surface area (Å²) in [5.41, 5.74) is -1.79. The van der Waals surface area contributed by atoms with Crippen molar-refractivity contribution in [2.45, 2.75) is 46.0 Å². The summed E-state index contributed by atoms with van der Waals surface area (Å²) < 4.78 is 0. The number of aromatic nitrogens is 2. The van der Waals surface area contributed by atoms with E-state index < -0.39 is 28.0 Å². The first-order valence-corrected chi connectivity index (χ1v) is 6.12. The number of H-pyrrole nitrogens is 2. The van der Waals surface area contributed by atoms with Crippen LogP contribution in [0, 0.1) is 5.41 Å². The van der Waals surface area contributed by atoms with Gasteiger partial charge in [-0.2, -0.15) is 0 Å². The van der Waals surface area contributed by atoms with Gasteiger partial charge in [0.05, 0.1) is 5.41 Å². The molecule has 0 aromatic carbocycles. The zero-order valence-electron chi connectivity index (χ0n) is 11.7. The lowest BCUT2D eigenvalue weighted by molar-refractivity contribution is -0.147. The summed E-state index contributed by atoms with van der Waals surface area (Å²) in [5, 5.41) is 9.08. The van der Waals surface area contributed by atoms with E-state index in [9.17, 15) is 14.4 Å². The molecule has 0 atom stereocenters. The second-order valence-electron chi connectivity index (χ2n) is 6.07. The summed E-state index contributed by atoms with van der Waals surface area (Å²) in [6, 6.07) is 1.34. The van der Waals surface area contributed by atoms with Crippen LogP contribution in [-0.2, 0) is 10.2 Å². The van der Waals surface area contributed by atoms with Crippen LogP contribution in [0.1, 0.15) is 46.2 Å². The third-order valence-corrected chi connectivity index (χ3v) is 3.44. The van der Waals surface area contributed by atoms with Crippen molar-refractivity contribution in [2.75, 3.05) is 0 Å². The Morgan fingerprint density at radius 2 is 1.74 bits per heavy atom. The highest BCUT2D eigenvalue weighted by Crippen LogP contribution is 2.32. The van der Waals surface area contributed by atoms with Crippen molar-refractivity contribution >= 4 is 5.97 Å². The molecular formula is C13H20N2O4. The number of hydrogen-bond acceptors (Lipinski definition) is 3. The number of aromatic amines is 2. The van der Waals surface area contributed by atoms with E-state index in [4.69, 9.17) is 5.11 Å². The van der Waals surface area contributed by atoms with E-state index in [2.05, 4.69) is 9.97 Å². The fraction of sp³-hybridized carbons (Fsp3) is 0.615. The first-order valence-electron chi connectivity index (χ1n) is 6.12. The molecule has 19 heavy (non-hydrogen) atoms. The van der Waals surface area contributed by atoms with E-state index in [1.54, 1.807) is 13.8 Å². The highest BCUT2D eigenvalue weighted by molar-refractivity contribution is 5.73. The van der Waals surface area contributed by atoms with E-state index in [-0.39, 0.29) is 0 Å². The maximum absolute atomic E-state index is 11.3. The van der Waals surface area contributed by atoms with Crippen LogP contribution in [0.5, 0.6) is 0 Å². The third-order valence-electron chi connectivity index (χ3n) is 3.44. The molecule has 0 aliphatic carbocycles. The van der Waals surface area contributed by atoms with Gasteiger partial charge in [0.1, 0.15) is 0 Å². The molecule has 0 saturated carbocycles. The molecule has 0 spiro atoms. The number of rotatable bonds is 5. The van der Waals surface area contributed by atoms with Crippen molar-refractivity contribution in [3.63, 3.8) is 0 Å². The molecule has 0 amide bonds. The van der Waals surface area contributed by atoms with Crippen molar-refractivity contribution in [1.29, 1.82) is 0 Å². The van der Waals surface area contributed by atoms with Crippen molar-refractivity contribution in [3.8, 4) is 0 Å². The van der Waals surface area contributed by atoms with Gasteiger partial charge in [-0.3, -0.25) is 14.6 Å². The van der Waals surface area contributed by atoms with Gasteiger partial charge in [-0.15, -0.1) is 0 Å². The van der Waals surface area contributed by atoms with Crippen molar-refractivity contribution in [3.05, 3.63) is 32.6 Å². The Morgan fingerprint density at radius 1 is 1.16 bits per heavy atom. The quantitative estimate of drug-likeness (QED) is 0.747. The highest BCUT2D eigenvalue weighted by atomic mass is 16.4. The zero-order chi connectivity index (χ0) is 14.8. The molecule has 0 unspecified atom stereocenters. The average molecular weight is 268 g/mol. The second-order valence-corrected chi connectivity index (χ2v) is 6.07. The van der Waals surface area contributed by atoms with Gasteiger partial charge in [0.2, 0.25) is 0 Å². The van der Waals surface area contributed by atoms with Gasteiger partial charge in [0.25, 0.3) is 5.56 Å². The summed E-state index contributed by atoms with van der Waals surface area (Å²) in [6.07, 6.45) is 0.996. The Labute approximate surface area is 110 Å². The molecule has 1 aromatic rings. The van der Waals surface area contributed by atoms with Gasteiger partial charge < -0.3 is 10.1 Å². The minimum absolute atomic E-state index is 0.449. The molecule has 0 bridgehead atoms. The molecule has 0 aliphatic rings. The van der Waals surface area contributed by atoms with E-state index in [1.165, 1.54) is 6.07 Å². The van der Waals surface area contributed by atoms with Gasteiger partial charge in [-0.25, -0.2) is 4.79 Å². The lowest BCUT2D eigenvalue weighted by Gasteiger charge is -2.28. The van der Waals surface area contributed by atoms with Crippen LogP contribution >= 0.6 is 0 Å². The number of carboxylic acid groups (broad SMARTS) is 1. The Balaban J connectivity index is 2.96. The van der Waals surface area contributed by atoms with Gasteiger partial charge in [-0.1, -0.05) is 13.8 Å². The van der Waals surface area contributed by atoms with Crippen LogP contribution in [0.25, 0.3) is 0 Å². The van der Waals surface area contributed by atoms with Crippen LogP contribution in [0.3, 0.4) is 0 Å². The van der Waals surface area contributed by atoms with Crippen molar-refractivity contribution < 1.29 is 9.90 Å². The lowest BCUT2D eigenvalue weighted by Crippen LogP contribution is -2.32. The fourth-order valence-electron chi connectivity index (χ4n) is 1.70. The van der Waals surface area contributed by atoms with Crippen LogP contribution in [0.2, 0.25) is 0 Å². The number of nitrogens with one attached hydrogen (secondary N) is 2. The standard InChI is InChI=1S/C13H20N2O4/c1-12(2,5-6-13(3,4)10(17)18)8-7-9(16)15-11(19)14-8/h7H,5-6H2,1-4H3,(H,17,18)(H2,14,15,16,19). The first-order chi connectivity index (χ1) is 8.54. The minimum Gasteiger partial charge on any atom is -0.481 e. The molecule has 0 saturated heterocycles. The van der Waals surface area contributed by atoms with Gasteiger partial charge >= 0.3 is 11.7 Å². The molecule has 1 rings (SSSR count). The molecule has 0 fully saturated rings. The van der Waals surface area contributed by atoms with Gasteiger partial charge in [0, 0.05) is 17.2 Å². The molecule has 6 heteroatoms. The highest BCUT2D eigenvalue weighted by Gasteiger charge is 2.31. The molecule has 1 aromatic heterocycles. The number of aliphatic carboxylic acids is 1. The predicted octanol–water partition coefficient (Wildman–Crippen LogP) is 1.23. The molecule has 106 valence electrons.